The molecule has 0 radical (unpaired) electrons. The van der Waals surface area contributed by atoms with Crippen LogP contribution in [0.3, 0.4) is 0 Å². The summed E-state index contributed by atoms with van der Waals surface area (Å²) >= 11 is 0. The number of sulfonamides is 1. The van der Waals surface area contributed by atoms with Gasteiger partial charge in [-0.3, -0.25) is 9.52 Å². The third-order valence-corrected chi connectivity index (χ3v) is 3.57. The molecule has 1 aromatic rings. The van der Waals surface area contributed by atoms with Gasteiger partial charge in [-0.2, -0.15) is 0 Å². The van der Waals surface area contributed by atoms with Gasteiger partial charge in [0.1, 0.15) is 5.75 Å². The van der Waals surface area contributed by atoms with Crippen LogP contribution in [0.4, 0.5) is 0 Å². The fraction of sp³-hybridized carbons (Fsp3) is 0.250. The molecule has 6 nitrogen and oxygen atoms in total. The number of carboxylic acids is 1. The van der Waals surface area contributed by atoms with Gasteiger partial charge in [0.2, 0.25) is 0 Å². The van der Waals surface area contributed by atoms with Crippen molar-refractivity contribution in [2.45, 2.75) is 17.7 Å². The molecule has 19 heavy (non-hydrogen) atoms. The van der Waals surface area contributed by atoms with E-state index in [2.05, 4.69) is 4.72 Å². The zero-order valence-corrected chi connectivity index (χ0v) is 11.2. The molecule has 0 atom stereocenters. The Morgan fingerprint density at radius 3 is 2.53 bits per heavy atom. The molecule has 0 heterocycles. The van der Waals surface area contributed by atoms with Crippen LogP contribution in [0.5, 0.6) is 5.75 Å². The van der Waals surface area contributed by atoms with Gasteiger partial charge in [-0.25, -0.2) is 8.42 Å². The first-order valence-electron chi connectivity index (χ1n) is 5.49. The molecule has 104 valence electrons. The average Bonchev–Trinajstić information content (AvgIpc) is 2.38. The second-order valence-corrected chi connectivity index (χ2v) is 5.35. The largest absolute Gasteiger partial charge is 0.497 e. The summed E-state index contributed by atoms with van der Waals surface area (Å²) in [7, 11) is -2.13. The van der Waals surface area contributed by atoms with Crippen molar-refractivity contribution in [1.29, 1.82) is 0 Å². The Labute approximate surface area is 111 Å². The van der Waals surface area contributed by atoms with E-state index in [0.29, 0.717) is 5.75 Å². The van der Waals surface area contributed by atoms with E-state index in [0.717, 1.165) is 0 Å². The number of hydrogen-bond acceptors (Lipinski definition) is 4. The molecular formula is C12H15NO5S. The van der Waals surface area contributed by atoms with Crippen LogP contribution >= 0.6 is 0 Å². The Morgan fingerprint density at radius 1 is 1.37 bits per heavy atom. The van der Waals surface area contributed by atoms with Gasteiger partial charge in [-0.15, -0.1) is 0 Å². The van der Waals surface area contributed by atoms with E-state index < -0.39 is 16.0 Å². The highest BCUT2D eigenvalue weighted by atomic mass is 32.2. The lowest BCUT2D eigenvalue weighted by atomic mass is 10.3. The molecule has 0 fully saturated rings. The second kappa shape index (κ2) is 6.79. The van der Waals surface area contributed by atoms with E-state index in [1.54, 1.807) is 12.1 Å². The molecular weight excluding hydrogens is 270 g/mol. The van der Waals surface area contributed by atoms with Gasteiger partial charge in [0.25, 0.3) is 10.0 Å². The minimum atomic E-state index is -3.63. The van der Waals surface area contributed by atoms with Crippen molar-refractivity contribution in [1.82, 2.24) is 4.72 Å². The monoisotopic (exact) mass is 285 g/mol. The standard InChI is InChI=1S/C12H15NO5S/c1-18-10-5-7-11(8-6-10)19(16,17)13-9-3-2-4-12(14)15/h3,5-9,13H,2,4H2,1H3,(H,14,15). The summed E-state index contributed by atoms with van der Waals surface area (Å²) in [6, 6.07) is 5.93. The summed E-state index contributed by atoms with van der Waals surface area (Å²) in [4.78, 5) is 10.4. The summed E-state index contributed by atoms with van der Waals surface area (Å²) in [6.07, 6.45) is 2.90. The summed E-state index contributed by atoms with van der Waals surface area (Å²) in [5.74, 6) is -0.362. The zero-order chi connectivity index (χ0) is 14.3. The van der Waals surface area contributed by atoms with Crippen LogP contribution in [0, 0.1) is 0 Å². The quantitative estimate of drug-likeness (QED) is 0.789. The molecule has 1 rings (SSSR count). The second-order valence-electron chi connectivity index (χ2n) is 3.63. The number of aliphatic carboxylic acids is 1. The summed E-state index contributed by atoms with van der Waals surface area (Å²) in [5.41, 5.74) is 0. The minimum Gasteiger partial charge on any atom is -0.497 e. The molecule has 0 bridgehead atoms. The van der Waals surface area contributed by atoms with Crippen LogP contribution in [-0.2, 0) is 14.8 Å². The van der Waals surface area contributed by atoms with E-state index >= 15 is 0 Å². The first-order valence-corrected chi connectivity index (χ1v) is 6.97. The van der Waals surface area contributed by atoms with Crippen molar-refractivity contribution in [3.63, 3.8) is 0 Å². The maximum Gasteiger partial charge on any atom is 0.303 e. The van der Waals surface area contributed by atoms with Crippen LogP contribution in [0.2, 0.25) is 0 Å². The number of benzene rings is 1. The number of allylic oxidation sites excluding steroid dienone is 1. The smallest absolute Gasteiger partial charge is 0.303 e. The van der Waals surface area contributed by atoms with Crippen LogP contribution in [0.25, 0.3) is 0 Å². The third-order valence-electron chi connectivity index (χ3n) is 2.24. The van der Waals surface area contributed by atoms with Crippen LogP contribution in [0.1, 0.15) is 12.8 Å². The number of hydrogen-bond donors (Lipinski definition) is 2. The highest BCUT2D eigenvalue weighted by Gasteiger charge is 2.11. The van der Waals surface area contributed by atoms with Crippen molar-refractivity contribution < 1.29 is 23.1 Å². The highest BCUT2D eigenvalue weighted by Crippen LogP contribution is 2.15. The molecule has 0 unspecified atom stereocenters. The van der Waals surface area contributed by atoms with Crippen molar-refractivity contribution in [3.8, 4) is 5.75 Å². The summed E-state index contributed by atoms with van der Waals surface area (Å²) < 4.78 is 30.8. The minimum absolute atomic E-state index is 0.0409. The Hall–Kier alpha value is -2.02. The van der Waals surface area contributed by atoms with E-state index in [1.807, 2.05) is 0 Å². The number of ether oxygens (including phenoxy) is 1. The first kappa shape index (κ1) is 15.0. The van der Waals surface area contributed by atoms with E-state index in [4.69, 9.17) is 9.84 Å². The van der Waals surface area contributed by atoms with E-state index in [-0.39, 0.29) is 17.7 Å². The van der Waals surface area contributed by atoms with Crippen molar-refractivity contribution >= 4 is 16.0 Å². The normalized spacial score (nSPS) is 11.4. The number of nitrogens with one attached hydrogen (secondary N) is 1. The Bertz CT molecular complexity index is 548. The average molecular weight is 285 g/mol. The maximum absolute atomic E-state index is 11.8. The molecule has 0 aromatic heterocycles. The zero-order valence-electron chi connectivity index (χ0n) is 10.4. The number of carboxylic acid groups (broad SMARTS) is 1. The topological polar surface area (TPSA) is 92.7 Å². The Morgan fingerprint density at radius 2 is 2.00 bits per heavy atom. The molecule has 0 aliphatic heterocycles. The number of carbonyl (C=O) groups is 1. The lowest BCUT2D eigenvalue weighted by molar-refractivity contribution is -0.136. The third kappa shape index (κ3) is 5.01. The molecule has 0 saturated heterocycles. The predicted molar refractivity (Wildman–Crippen MR) is 69.3 cm³/mol. The molecule has 0 aliphatic carbocycles. The van der Waals surface area contributed by atoms with Gasteiger partial charge >= 0.3 is 5.97 Å². The lowest BCUT2D eigenvalue weighted by Gasteiger charge is -2.05. The molecule has 7 heteroatoms. The van der Waals surface area contributed by atoms with Gasteiger partial charge in [-0.1, -0.05) is 6.08 Å². The number of rotatable bonds is 7. The SMILES string of the molecule is COc1ccc(S(=O)(=O)NC=CCCC(=O)O)cc1. The highest BCUT2D eigenvalue weighted by molar-refractivity contribution is 7.89. The molecule has 0 aliphatic rings. The molecule has 1 aromatic carbocycles. The van der Waals surface area contributed by atoms with E-state index in [9.17, 15) is 13.2 Å². The summed E-state index contributed by atoms with van der Waals surface area (Å²) in [6.45, 7) is 0. The Kier molecular flexibility index (Phi) is 5.37. The van der Waals surface area contributed by atoms with Crippen molar-refractivity contribution in [2.75, 3.05) is 7.11 Å². The fourth-order valence-electron chi connectivity index (χ4n) is 1.25. The van der Waals surface area contributed by atoms with Gasteiger partial charge < -0.3 is 9.84 Å². The van der Waals surface area contributed by atoms with Gasteiger partial charge in [-0.05, 0) is 30.7 Å². The van der Waals surface area contributed by atoms with Crippen LogP contribution in [0.15, 0.2) is 41.4 Å². The van der Waals surface area contributed by atoms with Crippen molar-refractivity contribution in [3.05, 3.63) is 36.5 Å². The fourth-order valence-corrected chi connectivity index (χ4v) is 2.16. The molecule has 0 amide bonds. The van der Waals surface area contributed by atoms with Gasteiger partial charge in [0, 0.05) is 12.6 Å². The molecule has 2 N–H and O–H groups in total. The molecule has 0 spiro atoms. The lowest BCUT2D eigenvalue weighted by Crippen LogP contribution is -2.17. The summed E-state index contributed by atoms with van der Waals surface area (Å²) in [5, 5.41) is 8.42. The molecule has 0 saturated carbocycles. The van der Waals surface area contributed by atoms with Crippen LogP contribution in [-0.4, -0.2) is 26.6 Å². The van der Waals surface area contributed by atoms with Crippen molar-refractivity contribution in [2.24, 2.45) is 0 Å². The Balaban J connectivity index is 2.62. The maximum atomic E-state index is 11.8. The van der Waals surface area contributed by atoms with Crippen LogP contribution < -0.4 is 9.46 Å². The van der Waals surface area contributed by atoms with Gasteiger partial charge in [0.05, 0.1) is 12.0 Å². The first-order chi connectivity index (χ1) is 8.95. The predicted octanol–water partition coefficient (Wildman–Crippen LogP) is 1.35. The van der Waals surface area contributed by atoms with E-state index in [1.165, 1.54) is 31.5 Å². The van der Waals surface area contributed by atoms with Gasteiger partial charge in [0.15, 0.2) is 0 Å². The number of methoxy groups -OCH3 is 1.